The molecule has 0 radical (unpaired) electrons. The van der Waals surface area contributed by atoms with Crippen LogP contribution in [0, 0.1) is 20.8 Å². The molecule has 2 amide bonds. The third-order valence-electron chi connectivity index (χ3n) is 5.64. The summed E-state index contributed by atoms with van der Waals surface area (Å²) in [5.74, 6) is -0.811. The first kappa shape index (κ1) is 23.6. The molecule has 0 saturated carbocycles. The molecular formula is C28H26N4O3. The highest BCUT2D eigenvalue weighted by atomic mass is 16.2. The van der Waals surface area contributed by atoms with E-state index in [0.717, 1.165) is 26.9 Å². The molecule has 0 aliphatic carbocycles. The third kappa shape index (κ3) is 5.52. The summed E-state index contributed by atoms with van der Waals surface area (Å²) in [5, 5.41) is 10.00. The maximum absolute atomic E-state index is 13.2. The number of aryl methyl sites for hydroxylation is 3. The van der Waals surface area contributed by atoms with Gasteiger partial charge in [-0.25, -0.2) is 4.68 Å². The van der Waals surface area contributed by atoms with Crippen molar-refractivity contribution in [3.8, 4) is 11.3 Å². The molecule has 35 heavy (non-hydrogen) atoms. The molecule has 0 aliphatic heterocycles. The molecule has 176 valence electrons. The van der Waals surface area contributed by atoms with Gasteiger partial charge < -0.3 is 10.6 Å². The minimum atomic E-state index is -0.568. The van der Waals surface area contributed by atoms with Crippen molar-refractivity contribution >= 4 is 23.2 Å². The van der Waals surface area contributed by atoms with Gasteiger partial charge in [-0.05, 0) is 50.1 Å². The summed E-state index contributed by atoms with van der Waals surface area (Å²) in [5.41, 5.74) is 4.74. The molecule has 0 saturated heterocycles. The lowest BCUT2D eigenvalue weighted by Gasteiger charge is -2.14. The van der Waals surface area contributed by atoms with E-state index in [-0.39, 0.29) is 12.2 Å². The van der Waals surface area contributed by atoms with Crippen LogP contribution in [0.2, 0.25) is 0 Å². The number of benzene rings is 3. The van der Waals surface area contributed by atoms with Crippen molar-refractivity contribution in [2.45, 2.75) is 27.3 Å². The number of nitrogens with one attached hydrogen (secondary N) is 2. The highest BCUT2D eigenvalue weighted by molar-refractivity contribution is 6.04. The molecule has 1 heterocycles. The minimum absolute atomic E-state index is 0.0456. The Morgan fingerprint density at radius 3 is 2.14 bits per heavy atom. The smallest absolute Gasteiger partial charge is 0.291 e. The van der Waals surface area contributed by atoms with Gasteiger partial charge in [0.05, 0.1) is 5.69 Å². The average molecular weight is 467 g/mol. The first-order chi connectivity index (χ1) is 16.8. The Hall–Kier alpha value is -4.52. The van der Waals surface area contributed by atoms with Crippen molar-refractivity contribution < 1.29 is 9.59 Å². The van der Waals surface area contributed by atoms with Gasteiger partial charge in [0.15, 0.2) is 0 Å². The van der Waals surface area contributed by atoms with Gasteiger partial charge in [-0.15, -0.1) is 0 Å². The molecule has 7 heteroatoms. The Labute approximate surface area is 203 Å². The van der Waals surface area contributed by atoms with E-state index in [1.807, 2.05) is 63.2 Å². The van der Waals surface area contributed by atoms with E-state index in [2.05, 4.69) is 15.7 Å². The summed E-state index contributed by atoms with van der Waals surface area (Å²) in [6.45, 7) is 5.48. The number of aromatic nitrogens is 2. The van der Waals surface area contributed by atoms with Crippen LogP contribution in [0.1, 0.15) is 27.0 Å². The SMILES string of the molecule is Cc1ccc(-c2cc(NC(=O)c3ccccc3)c(=O)n(CC(=O)Nc3c(C)cccc3C)n2)cc1. The van der Waals surface area contributed by atoms with E-state index in [0.29, 0.717) is 16.9 Å². The van der Waals surface area contributed by atoms with E-state index < -0.39 is 17.4 Å². The lowest BCUT2D eigenvalue weighted by Crippen LogP contribution is -2.32. The normalized spacial score (nSPS) is 10.6. The molecule has 4 aromatic rings. The fourth-order valence-electron chi connectivity index (χ4n) is 3.71. The molecule has 0 fully saturated rings. The van der Waals surface area contributed by atoms with Gasteiger partial charge in [0.25, 0.3) is 11.5 Å². The zero-order valence-corrected chi connectivity index (χ0v) is 19.8. The van der Waals surface area contributed by atoms with Gasteiger partial charge >= 0.3 is 0 Å². The molecule has 0 aliphatic rings. The van der Waals surface area contributed by atoms with Crippen LogP contribution in [0.25, 0.3) is 11.3 Å². The fourth-order valence-corrected chi connectivity index (χ4v) is 3.71. The van der Waals surface area contributed by atoms with Gasteiger partial charge in [-0.2, -0.15) is 5.10 Å². The first-order valence-electron chi connectivity index (χ1n) is 11.2. The van der Waals surface area contributed by atoms with Crippen molar-refractivity contribution in [1.29, 1.82) is 0 Å². The summed E-state index contributed by atoms with van der Waals surface area (Å²) >= 11 is 0. The van der Waals surface area contributed by atoms with Crippen molar-refractivity contribution in [3.63, 3.8) is 0 Å². The van der Waals surface area contributed by atoms with Gasteiger partial charge in [0.1, 0.15) is 12.2 Å². The second kappa shape index (κ2) is 10.2. The molecule has 4 rings (SSSR count). The van der Waals surface area contributed by atoms with E-state index in [4.69, 9.17) is 0 Å². The molecule has 3 aromatic carbocycles. The Morgan fingerprint density at radius 1 is 0.829 bits per heavy atom. The average Bonchev–Trinajstić information content (AvgIpc) is 2.85. The molecule has 0 unspecified atom stereocenters. The van der Waals surface area contributed by atoms with Crippen LogP contribution in [0.15, 0.2) is 83.7 Å². The summed E-state index contributed by atoms with van der Waals surface area (Å²) in [6.07, 6.45) is 0. The lowest BCUT2D eigenvalue weighted by molar-refractivity contribution is -0.117. The molecule has 2 N–H and O–H groups in total. The number of carbonyl (C=O) groups excluding carboxylic acids is 2. The molecule has 0 spiro atoms. The summed E-state index contributed by atoms with van der Waals surface area (Å²) < 4.78 is 1.08. The minimum Gasteiger partial charge on any atom is -0.324 e. The number of hydrogen-bond acceptors (Lipinski definition) is 4. The predicted octanol–water partition coefficient (Wildman–Crippen LogP) is 4.73. The Morgan fingerprint density at radius 2 is 1.49 bits per heavy atom. The second-order valence-corrected chi connectivity index (χ2v) is 8.41. The Kier molecular flexibility index (Phi) is 6.87. The maximum Gasteiger partial charge on any atom is 0.291 e. The van der Waals surface area contributed by atoms with Crippen LogP contribution >= 0.6 is 0 Å². The zero-order valence-electron chi connectivity index (χ0n) is 19.8. The number of carbonyl (C=O) groups is 2. The van der Waals surface area contributed by atoms with E-state index in [1.54, 1.807) is 30.3 Å². The van der Waals surface area contributed by atoms with Crippen molar-refractivity contribution in [1.82, 2.24) is 9.78 Å². The monoisotopic (exact) mass is 466 g/mol. The summed E-state index contributed by atoms with van der Waals surface area (Å²) in [7, 11) is 0. The molecular weight excluding hydrogens is 440 g/mol. The van der Waals surface area contributed by atoms with E-state index in [1.165, 1.54) is 6.07 Å². The van der Waals surface area contributed by atoms with Crippen molar-refractivity contribution in [2.75, 3.05) is 10.6 Å². The summed E-state index contributed by atoms with van der Waals surface area (Å²) in [4.78, 5) is 38.8. The van der Waals surface area contributed by atoms with Crippen LogP contribution in [0.3, 0.4) is 0 Å². The zero-order chi connectivity index (χ0) is 24.9. The standard InChI is InChI=1S/C28H26N4O3/c1-18-12-14-21(15-13-18)23-16-24(29-27(34)22-10-5-4-6-11-22)28(35)32(31-23)17-25(33)30-26-19(2)8-7-9-20(26)3/h4-16H,17H2,1-3H3,(H,29,34)(H,30,33). The van der Waals surface area contributed by atoms with Crippen LogP contribution in [-0.4, -0.2) is 21.6 Å². The number of para-hydroxylation sites is 1. The molecule has 0 atom stereocenters. The van der Waals surface area contributed by atoms with Gasteiger partial charge in [0.2, 0.25) is 5.91 Å². The number of nitrogens with zero attached hydrogens (tertiary/aromatic N) is 2. The molecule has 0 bridgehead atoms. The topological polar surface area (TPSA) is 93.1 Å². The maximum atomic E-state index is 13.2. The number of rotatable bonds is 6. The second-order valence-electron chi connectivity index (χ2n) is 8.41. The van der Waals surface area contributed by atoms with Gasteiger partial charge in [-0.3, -0.25) is 14.4 Å². The quantitative estimate of drug-likeness (QED) is 0.430. The fraction of sp³-hybridized carbons (Fsp3) is 0.143. The van der Waals surface area contributed by atoms with Gasteiger partial charge in [-0.1, -0.05) is 66.2 Å². The van der Waals surface area contributed by atoms with Crippen molar-refractivity contribution in [2.24, 2.45) is 0 Å². The Bertz CT molecular complexity index is 1420. The highest BCUT2D eigenvalue weighted by Gasteiger charge is 2.16. The third-order valence-corrected chi connectivity index (χ3v) is 5.64. The Balaban J connectivity index is 1.69. The van der Waals surface area contributed by atoms with Crippen LogP contribution in [0.4, 0.5) is 11.4 Å². The first-order valence-corrected chi connectivity index (χ1v) is 11.2. The largest absolute Gasteiger partial charge is 0.324 e. The predicted molar refractivity (Wildman–Crippen MR) is 138 cm³/mol. The number of hydrogen-bond donors (Lipinski definition) is 2. The summed E-state index contributed by atoms with van der Waals surface area (Å²) in [6, 6.07) is 23.5. The number of amides is 2. The van der Waals surface area contributed by atoms with E-state index >= 15 is 0 Å². The molecule has 1 aromatic heterocycles. The molecule has 7 nitrogen and oxygen atoms in total. The van der Waals surface area contributed by atoms with Crippen LogP contribution in [0.5, 0.6) is 0 Å². The lowest BCUT2D eigenvalue weighted by atomic mass is 10.1. The van der Waals surface area contributed by atoms with Crippen LogP contribution < -0.4 is 16.2 Å². The van der Waals surface area contributed by atoms with Gasteiger partial charge in [0, 0.05) is 16.8 Å². The highest BCUT2D eigenvalue weighted by Crippen LogP contribution is 2.21. The van der Waals surface area contributed by atoms with Crippen molar-refractivity contribution in [3.05, 3.63) is 111 Å². The van der Waals surface area contributed by atoms with Crippen LogP contribution in [-0.2, 0) is 11.3 Å². The van der Waals surface area contributed by atoms with E-state index in [9.17, 15) is 14.4 Å². The number of anilines is 2.